The predicted molar refractivity (Wildman–Crippen MR) is 114 cm³/mol. The molecule has 2 aromatic carbocycles. The van der Waals surface area contributed by atoms with Gasteiger partial charge in [0.15, 0.2) is 0 Å². The fourth-order valence-corrected chi connectivity index (χ4v) is 4.25. The van der Waals surface area contributed by atoms with Crippen molar-refractivity contribution in [1.29, 1.82) is 0 Å². The van der Waals surface area contributed by atoms with Gasteiger partial charge in [-0.25, -0.2) is 9.18 Å². The summed E-state index contributed by atoms with van der Waals surface area (Å²) in [4.78, 5) is 15.1. The minimum Gasteiger partial charge on any atom is -0.508 e. The average Bonchev–Trinajstić information content (AvgIpc) is 3.48. The second-order valence-electron chi connectivity index (χ2n) is 8.17. The quantitative estimate of drug-likeness (QED) is 0.695. The largest absolute Gasteiger partial charge is 0.508 e. The summed E-state index contributed by atoms with van der Waals surface area (Å²) in [5.74, 6) is -0.164. The van der Waals surface area contributed by atoms with Crippen LogP contribution in [0.5, 0.6) is 5.75 Å². The summed E-state index contributed by atoms with van der Waals surface area (Å²) in [5.41, 5.74) is 1.48. The Morgan fingerprint density at radius 3 is 2.52 bits per heavy atom. The molecule has 2 fully saturated rings. The van der Waals surface area contributed by atoms with Crippen LogP contribution >= 0.6 is 0 Å². The molecule has 2 amide bonds. The van der Waals surface area contributed by atoms with E-state index in [4.69, 9.17) is 9.47 Å². The van der Waals surface area contributed by atoms with Crippen LogP contribution in [0.3, 0.4) is 0 Å². The molecule has 0 aromatic heterocycles. The van der Waals surface area contributed by atoms with Crippen molar-refractivity contribution in [2.45, 2.75) is 50.5 Å². The number of amides is 2. The number of benzene rings is 2. The van der Waals surface area contributed by atoms with Crippen LogP contribution in [0.25, 0.3) is 0 Å². The Hall–Kier alpha value is -2.64. The van der Waals surface area contributed by atoms with E-state index in [0.717, 1.165) is 31.2 Å². The van der Waals surface area contributed by atoms with Crippen molar-refractivity contribution < 1.29 is 23.8 Å². The van der Waals surface area contributed by atoms with Gasteiger partial charge in [-0.3, -0.25) is 0 Å². The van der Waals surface area contributed by atoms with Gasteiger partial charge >= 0.3 is 6.03 Å². The van der Waals surface area contributed by atoms with Crippen LogP contribution in [0, 0.1) is 5.82 Å². The van der Waals surface area contributed by atoms with E-state index in [9.17, 15) is 14.3 Å². The molecular weight excluding hydrogens is 399 g/mol. The lowest BCUT2D eigenvalue weighted by Gasteiger charge is -2.31. The number of para-hydroxylation sites is 1. The van der Waals surface area contributed by atoms with E-state index in [2.05, 4.69) is 5.32 Å². The van der Waals surface area contributed by atoms with E-state index in [1.807, 2.05) is 12.1 Å². The van der Waals surface area contributed by atoms with Gasteiger partial charge in [-0.2, -0.15) is 0 Å². The molecular formula is C24H29FN2O4. The molecule has 0 aliphatic carbocycles. The van der Waals surface area contributed by atoms with Crippen molar-refractivity contribution in [3.8, 4) is 5.75 Å². The van der Waals surface area contributed by atoms with Gasteiger partial charge in [-0.05, 0) is 49.4 Å². The summed E-state index contributed by atoms with van der Waals surface area (Å²) in [6, 6.07) is 12.6. The first-order valence-corrected chi connectivity index (χ1v) is 10.9. The zero-order valence-electron chi connectivity index (χ0n) is 17.5. The Morgan fingerprint density at radius 1 is 1.10 bits per heavy atom. The Labute approximate surface area is 182 Å². The second kappa shape index (κ2) is 10.1. The number of carbonyl (C=O) groups is 1. The van der Waals surface area contributed by atoms with Crippen LogP contribution in [0.15, 0.2) is 48.5 Å². The first-order valence-electron chi connectivity index (χ1n) is 10.9. The van der Waals surface area contributed by atoms with Crippen molar-refractivity contribution in [3.05, 3.63) is 65.5 Å². The number of rotatable bonds is 7. The molecule has 2 aliphatic heterocycles. The molecule has 0 spiro atoms. The Morgan fingerprint density at radius 2 is 1.84 bits per heavy atom. The molecule has 4 rings (SSSR count). The van der Waals surface area contributed by atoms with E-state index < -0.39 is 0 Å². The number of hydrogen-bond acceptors (Lipinski definition) is 4. The lowest BCUT2D eigenvalue weighted by Crippen LogP contribution is -2.46. The Bertz CT molecular complexity index is 864. The summed E-state index contributed by atoms with van der Waals surface area (Å²) in [7, 11) is 0. The lowest BCUT2D eigenvalue weighted by atomic mass is 9.99. The summed E-state index contributed by atoms with van der Waals surface area (Å²) in [6.45, 7) is 2.04. The molecule has 3 atom stereocenters. The minimum absolute atomic E-state index is 0.0244. The van der Waals surface area contributed by atoms with Crippen LogP contribution in [-0.2, 0) is 16.0 Å². The molecule has 2 N–H and O–H groups in total. The topological polar surface area (TPSA) is 71.0 Å². The van der Waals surface area contributed by atoms with Crippen molar-refractivity contribution in [2.24, 2.45) is 0 Å². The number of nitrogens with zero attached hydrogens (tertiary/aromatic N) is 1. The molecule has 2 saturated heterocycles. The number of carbonyl (C=O) groups excluding carboxylic acids is 1. The van der Waals surface area contributed by atoms with Crippen LogP contribution < -0.4 is 5.32 Å². The van der Waals surface area contributed by atoms with Gasteiger partial charge in [-0.1, -0.05) is 30.3 Å². The maximum atomic E-state index is 13.5. The van der Waals surface area contributed by atoms with Crippen LogP contribution in [0.4, 0.5) is 9.18 Å². The lowest BCUT2D eigenvalue weighted by molar-refractivity contribution is 0.0665. The maximum Gasteiger partial charge on any atom is 0.318 e. The third-order valence-electron chi connectivity index (χ3n) is 5.93. The first kappa shape index (κ1) is 21.6. The number of ether oxygens (including phenoxy) is 2. The second-order valence-corrected chi connectivity index (χ2v) is 8.17. The molecule has 2 aromatic rings. The van der Waals surface area contributed by atoms with Crippen molar-refractivity contribution in [3.63, 3.8) is 0 Å². The smallest absolute Gasteiger partial charge is 0.318 e. The molecule has 3 unspecified atom stereocenters. The van der Waals surface area contributed by atoms with Gasteiger partial charge in [0, 0.05) is 25.3 Å². The van der Waals surface area contributed by atoms with Gasteiger partial charge in [0.25, 0.3) is 0 Å². The average molecular weight is 429 g/mol. The number of nitrogens with one attached hydrogen (secondary N) is 1. The van der Waals surface area contributed by atoms with E-state index >= 15 is 0 Å². The van der Waals surface area contributed by atoms with E-state index in [1.54, 1.807) is 29.2 Å². The Kier molecular flexibility index (Phi) is 7.04. The van der Waals surface area contributed by atoms with Crippen molar-refractivity contribution >= 4 is 6.03 Å². The summed E-state index contributed by atoms with van der Waals surface area (Å²) in [5, 5.41) is 13.3. The summed E-state index contributed by atoms with van der Waals surface area (Å²) < 4.78 is 25.1. The van der Waals surface area contributed by atoms with E-state index in [0.29, 0.717) is 25.3 Å². The minimum atomic E-state index is -0.382. The SMILES string of the molecule is O=C(NC(c1ccc(F)cc1)C1CCCO1)N(Cc1ccccc1O)CC1CCCO1. The zero-order chi connectivity index (χ0) is 21.6. The molecule has 6 nitrogen and oxygen atoms in total. The first-order chi connectivity index (χ1) is 15.1. The van der Waals surface area contributed by atoms with E-state index in [1.165, 1.54) is 12.1 Å². The van der Waals surface area contributed by atoms with Crippen molar-refractivity contribution in [1.82, 2.24) is 10.2 Å². The number of aromatic hydroxyl groups is 1. The third-order valence-corrected chi connectivity index (χ3v) is 5.93. The fraction of sp³-hybridized carbons (Fsp3) is 0.458. The van der Waals surface area contributed by atoms with Crippen LogP contribution in [0.1, 0.15) is 42.9 Å². The number of halogens is 1. The number of urea groups is 1. The summed E-state index contributed by atoms with van der Waals surface area (Å²) in [6.07, 6.45) is 3.44. The van der Waals surface area contributed by atoms with Gasteiger partial charge in [-0.15, -0.1) is 0 Å². The van der Waals surface area contributed by atoms with Crippen molar-refractivity contribution in [2.75, 3.05) is 19.8 Å². The molecule has 0 saturated carbocycles. The highest BCUT2D eigenvalue weighted by molar-refractivity contribution is 5.75. The fourth-order valence-electron chi connectivity index (χ4n) is 4.25. The summed E-state index contributed by atoms with van der Waals surface area (Å²) >= 11 is 0. The maximum absolute atomic E-state index is 13.5. The highest BCUT2D eigenvalue weighted by Crippen LogP contribution is 2.28. The van der Waals surface area contributed by atoms with E-state index in [-0.39, 0.29) is 42.4 Å². The molecule has 7 heteroatoms. The zero-order valence-corrected chi connectivity index (χ0v) is 17.5. The van der Waals surface area contributed by atoms with Gasteiger partial charge in [0.1, 0.15) is 11.6 Å². The molecule has 0 bridgehead atoms. The molecule has 31 heavy (non-hydrogen) atoms. The molecule has 166 valence electrons. The van der Waals surface area contributed by atoms with Gasteiger partial charge in [0.05, 0.1) is 24.8 Å². The highest BCUT2D eigenvalue weighted by atomic mass is 19.1. The number of phenolic OH excluding ortho intramolecular Hbond substituents is 1. The number of phenols is 1. The molecule has 2 heterocycles. The standard InChI is InChI=1S/C24H29FN2O4/c25-19-11-9-17(10-12-19)23(22-8-4-14-31-22)26-24(29)27(16-20-6-3-13-30-20)15-18-5-1-2-7-21(18)28/h1-2,5,7,9-12,20,22-23,28H,3-4,6,8,13-16H2,(H,26,29). The number of hydrogen-bond donors (Lipinski definition) is 2. The van der Waals surface area contributed by atoms with Gasteiger partial charge < -0.3 is 24.8 Å². The van der Waals surface area contributed by atoms with Crippen LogP contribution in [0.2, 0.25) is 0 Å². The van der Waals surface area contributed by atoms with Gasteiger partial charge in [0.2, 0.25) is 0 Å². The Balaban J connectivity index is 1.54. The molecule has 0 radical (unpaired) electrons. The highest BCUT2D eigenvalue weighted by Gasteiger charge is 2.31. The third kappa shape index (κ3) is 5.54. The predicted octanol–water partition coefficient (Wildman–Crippen LogP) is 4.14. The molecule has 2 aliphatic rings. The van der Waals surface area contributed by atoms with Crippen LogP contribution in [-0.4, -0.2) is 48.0 Å². The normalized spacial score (nSPS) is 21.7. The monoisotopic (exact) mass is 428 g/mol.